The number of halogens is 1. The Morgan fingerprint density at radius 1 is 1.25 bits per heavy atom. The second kappa shape index (κ2) is 6.07. The summed E-state index contributed by atoms with van der Waals surface area (Å²) in [7, 11) is 2.06. The fraction of sp³-hybridized carbons (Fsp3) is 0.647. The van der Waals surface area contributed by atoms with E-state index in [-0.39, 0.29) is 0 Å². The molecule has 1 heterocycles. The van der Waals surface area contributed by atoms with E-state index >= 15 is 0 Å². The molecule has 0 radical (unpaired) electrons. The predicted molar refractivity (Wildman–Crippen MR) is 86.1 cm³/mol. The third kappa shape index (κ3) is 2.89. The van der Waals surface area contributed by atoms with Gasteiger partial charge in [-0.3, -0.25) is 0 Å². The Labute approximate surface area is 130 Å². The van der Waals surface area contributed by atoms with Crippen LogP contribution in [0.4, 0.5) is 0 Å². The summed E-state index contributed by atoms with van der Waals surface area (Å²) in [5, 5.41) is 3.47. The minimum absolute atomic E-state index is 0.379. The van der Waals surface area contributed by atoms with Crippen LogP contribution >= 0.6 is 15.9 Å². The quantitative estimate of drug-likeness (QED) is 0.845. The number of benzene rings is 1. The molecule has 1 fully saturated rings. The number of hydrogen-bond acceptors (Lipinski definition) is 2. The maximum Gasteiger partial charge on any atom is 0.124 e. The van der Waals surface area contributed by atoms with Crippen LogP contribution in [-0.2, 0) is 0 Å². The Morgan fingerprint density at radius 2 is 2.10 bits per heavy atom. The topological polar surface area (TPSA) is 21.3 Å². The van der Waals surface area contributed by atoms with Crippen molar-refractivity contribution in [1.82, 2.24) is 5.32 Å². The van der Waals surface area contributed by atoms with Gasteiger partial charge < -0.3 is 10.1 Å². The number of hydrogen-bond donors (Lipinski definition) is 1. The van der Waals surface area contributed by atoms with E-state index in [4.69, 9.17) is 4.74 Å². The Balaban J connectivity index is 1.81. The molecule has 4 unspecified atom stereocenters. The van der Waals surface area contributed by atoms with Gasteiger partial charge in [-0.2, -0.15) is 0 Å². The number of rotatable bonds is 2. The van der Waals surface area contributed by atoms with E-state index in [0.29, 0.717) is 12.1 Å². The fourth-order valence-electron chi connectivity index (χ4n) is 3.85. The predicted octanol–water partition coefficient (Wildman–Crippen LogP) is 4.69. The van der Waals surface area contributed by atoms with Gasteiger partial charge in [-0.05, 0) is 49.9 Å². The molecule has 2 aliphatic rings. The molecule has 1 aromatic rings. The third-order valence-electron chi connectivity index (χ3n) is 4.94. The Kier molecular flexibility index (Phi) is 4.37. The van der Waals surface area contributed by atoms with Gasteiger partial charge in [0.15, 0.2) is 0 Å². The molecule has 0 spiro atoms. The summed E-state index contributed by atoms with van der Waals surface area (Å²) in [5.41, 5.74) is 1.29. The molecule has 3 heteroatoms. The van der Waals surface area contributed by atoms with Gasteiger partial charge in [0.05, 0.1) is 0 Å². The van der Waals surface area contributed by atoms with E-state index < -0.39 is 0 Å². The van der Waals surface area contributed by atoms with Crippen molar-refractivity contribution in [3.63, 3.8) is 0 Å². The average molecular weight is 338 g/mol. The molecule has 1 aliphatic heterocycles. The van der Waals surface area contributed by atoms with Crippen LogP contribution in [0.15, 0.2) is 22.7 Å². The monoisotopic (exact) mass is 337 g/mol. The highest BCUT2D eigenvalue weighted by Gasteiger charge is 2.34. The first-order valence-corrected chi connectivity index (χ1v) is 8.60. The fourth-order valence-corrected chi connectivity index (χ4v) is 4.23. The van der Waals surface area contributed by atoms with Crippen molar-refractivity contribution in [2.75, 3.05) is 7.05 Å². The van der Waals surface area contributed by atoms with Crippen molar-refractivity contribution >= 4 is 15.9 Å². The van der Waals surface area contributed by atoms with E-state index in [1.807, 2.05) is 0 Å². The first-order valence-electron chi connectivity index (χ1n) is 7.80. The average Bonchev–Trinajstić information content (AvgIpc) is 2.46. The zero-order chi connectivity index (χ0) is 14.1. The summed E-state index contributed by atoms with van der Waals surface area (Å²) in [4.78, 5) is 0. The molecule has 0 amide bonds. The molecule has 1 aromatic carbocycles. The Bertz CT molecular complexity index is 476. The Hall–Kier alpha value is -0.540. The first kappa shape index (κ1) is 14.4. The summed E-state index contributed by atoms with van der Waals surface area (Å²) in [6.07, 6.45) is 6.89. The minimum Gasteiger partial charge on any atom is -0.490 e. The summed E-state index contributed by atoms with van der Waals surface area (Å²) in [6, 6.07) is 6.80. The normalized spacial score (nSPS) is 33.4. The van der Waals surface area contributed by atoms with E-state index in [1.54, 1.807) is 0 Å². The molecule has 0 bridgehead atoms. The SMILES string of the molecule is CNC1CC(C2CCCC(C)C2)Oc2ccc(Br)cc21. The van der Waals surface area contributed by atoms with Crippen LogP contribution in [0.2, 0.25) is 0 Å². The molecular weight excluding hydrogens is 314 g/mol. The van der Waals surface area contributed by atoms with Gasteiger partial charge in [-0.1, -0.05) is 35.7 Å². The van der Waals surface area contributed by atoms with E-state index in [9.17, 15) is 0 Å². The smallest absolute Gasteiger partial charge is 0.124 e. The maximum absolute atomic E-state index is 6.35. The highest BCUT2D eigenvalue weighted by Crippen LogP contribution is 2.42. The zero-order valence-corrected chi connectivity index (χ0v) is 13.9. The van der Waals surface area contributed by atoms with Gasteiger partial charge in [0.25, 0.3) is 0 Å². The van der Waals surface area contributed by atoms with Gasteiger partial charge in [0.2, 0.25) is 0 Å². The highest BCUT2D eigenvalue weighted by atomic mass is 79.9. The lowest BCUT2D eigenvalue weighted by Crippen LogP contribution is -2.38. The summed E-state index contributed by atoms with van der Waals surface area (Å²) in [5.74, 6) is 2.66. The summed E-state index contributed by atoms with van der Waals surface area (Å²) >= 11 is 3.56. The van der Waals surface area contributed by atoms with Gasteiger partial charge in [0, 0.05) is 22.5 Å². The molecule has 0 saturated heterocycles. The standard InChI is InChI=1S/C17H24BrNO/c1-11-4-3-5-12(8-11)17-10-15(19-2)14-9-13(18)6-7-16(14)20-17/h6-7,9,11-12,15,17,19H,3-5,8,10H2,1-2H3. The minimum atomic E-state index is 0.379. The second-order valence-electron chi connectivity index (χ2n) is 6.45. The van der Waals surface area contributed by atoms with E-state index in [1.165, 1.54) is 31.2 Å². The van der Waals surface area contributed by atoms with Crippen LogP contribution in [0.25, 0.3) is 0 Å². The first-order chi connectivity index (χ1) is 9.67. The van der Waals surface area contributed by atoms with Crippen LogP contribution in [-0.4, -0.2) is 13.2 Å². The number of nitrogens with one attached hydrogen (secondary N) is 1. The molecule has 2 nitrogen and oxygen atoms in total. The maximum atomic E-state index is 6.35. The van der Waals surface area contributed by atoms with Crippen LogP contribution in [0.1, 0.15) is 50.6 Å². The molecule has 4 atom stereocenters. The van der Waals surface area contributed by atoms with Crippen LogP contribution in [0, 0.1) is 11.8 Å². The van der Waals surface area contributed by atoms with Crippen molar-refractivity contribution in [3.05, 3.63) is 28.2 Å². The molecule has 1 saturated carbocycles. The van der Waals surface area contributed by atoms with Gasteiger partial charge in [-0.25, -0.2) is 0 Å². The van der Waals surface area contributed by atoms with Gasteiger partial charge in [0.1, 0.15) is 11.9 Å². The molecular formula is C17H24BrNO. The summed E-state index contributed by atoms with van der Waals surface area (Å²) in [6.45, 7) is 2.38. The van der Waals surface area contributed by atoms with Crippen molar-refractivity contribution in [2.45, 2.75) is 51.2 Å². The van der Waals surface area contributed by atoms with Crippen LogP contribution in [0.3, 0.4) is 0 Å². The van der Waals surface area contributed by atoms with E-state index in [0.717, 1.165) is 28.5 Å². The number of fused-ring (bicyclic) bond motifs is 1. The van der Waals surface area contributed by atoms with Crippen LogP contribution < -0.4 is 10.1 Å². The molecule has 0 aromatic heterocycles. The summed E-state index contributed by atoms with van der Waals surface area (Å²) < 4.78 is 7.48. The second-order valence-corrected chi connectivity index (χ2v) is 7.36. The van der Waals surface area contributed by atoms with Crippen molar-refractivity contribution in [3.8, 4) is 5.75 Å². The lowest BCUT2D eigenvalue weighted by Gasteiger charge is -2.39. The van der Waals surface area contributed by atoms with Crippen molar-refractivity contribution in [1.29, 1.82) is 0 Å². The molecule has 1 aliphatic carbocycles. The van der Waals surface area contributed by atoms with Crippen molar-refractivity contribution in [2.24, 2.45) is 11.8 Å². The Morgan fingerprint density at radius 3 is 2.85 bits per heavy atom. The molecule has 1 N–H and O–H groups in total. The molecule has 110 valence electrons. The number of ether oxygens (including phenoxy) is 1. The molecule has 20 heavy (non-hydrogen) atoms. The zero-order valence-electron chi connectivity index (χ0n) is 12.4. The largest absolute Gasteiger partial charge is 0.490 e. The van der Waals surface area contributed by atoms with Crippen molar-refractivity contribution < 1.29 is 4.74 Å². The highest BCUT2D eigenvalue weighted by molar-refractivity contribution is 9.10. The third-order valence-corrected chi connectivity index (χ3v) is 5.44. The lowest BCUT2D eigenvalue weighted by molar-refractivity contribution is 0.0626. The van der Waals surface area contributed by atoms with Gasteiger partial charge in [-0.15, -0.1) is 0 Å². The van der Waals surface area contributed by atoms with E-state index in [2.05, 4.69) is 53.4 Å². The molecule has 3 rings (SSSR count). The lowest BCUT2D eigenvalue weighted by atomic mass is 9.77. The van der Waals surface area contributed by atoms with Crippen LogP contribution in [0.5, 0.6) is 5.75 Å². The van der Waals surface area contributed by atoms with Gasteiger partial charge >= 0.3 is 0 Å².